The second-order valence-corrected chi connectivity index (χ2v) is 8.63. The fraction of sp³-hybridized carbons (Fsp3) is 0.259. The Labute approximate surface area is 213 Å². The molecule has 0 aliphatic carbocycles. The number of anilines is 1. The van der Waals surface area contributed by atoms with Crippen molar-refractivity contribution in [3.8, 4) is 17.2 Å². The first kappa shape index (κ1) is 25.5. The molecule has 0 aromatic heterocycles. The van der Waals surface area contributed by atoms with Gasteiger partial charge in [0, 0.05) is 35.0 Å². The van der Waals surface area contributed by atoms with Crippen LogP contribution in [0.5, 0.6) is 17.2 Å². The fourth-order valence-corrected chi connectivity index (χ4v) is 4.35. The minimum Gasteiger partial charge on any atom is -0.497 e. The highest BCUT2D eigenvalue weighted by Crippen LogP contribution is 2.40. The molecule has 0 bridgehead atoms. The molecule has 1 unspecified atom stereocenters. The van der Waals surface area contributed by atoms with Gasteiger partial charge in [-0.25, -0.2) is 0 Å². The molecule has 0 radical (unpaired) electrons. The molecule has 1 N–H and O–H groups in total. The van der Waals surface area contributed by atoms with Crippen LogP contribution >= 0.6 is 0 Å². The average molecular weight is 506 g/mol. The van der Waals surface area contributed by atoms with Crippen molar-refractivity contribution in [2.75, 3.05) is 26.1 Å². The number of nitrogens with one attached hydrogen (secondary N) is 1. The number of hydrogen-bond acceptors (Lipinski definition) is 7. The van der Waals surface area contributed by atoms with E-state index in [1.54, 1.807) is 25.3 Å². The van der Waals surface area contributed by atoms with E-state index in [0.29, 0.717) is 34.1 Å². The Kier molecular flexibility index (Phi) is 7.28. The number of methoxy groups -OCH3 is 2. The van der Waals surface area contributed by atoms with Gasteiger partial charge < -0.3 is 24.4 Å². The predicted molar refractivity (Wildman–Crippen MR) is 136 cm³/mol. The van der Waals surface area contributed by atoms with Gasteiger partial charge in [-0.15, -0.1) is 0 Å². The number of fused-ring (bicyclic) bond motifs is 1. The number of non-ortho nitro benzene ring substituents is 1. The number of nitro benzene ring substituents is 1. The number of benzene rings is 3. The summed E-state index contributed by atoms with van der Waals surface area (Å²) in [5.41, 5.74) is 3.11. The highest BCUT2D eigenvalue weighted by molar-refractivity contribution is 5.99. The van der Waals surface area contributed by atoms with Crippen molar-refractivity contribution in [1.82, 2.24) is 4.90 Å². The Morgan fingerprint density at radius 3 is 2.43 bits per heavy atom. The SMILES string of the molecule is COc1ccc(CN2C(=O)COc3c(C)ccc(C)c3C2C(=O)Nc2ccc([N+](=O)[O-])cc2)c(OC)c1. The summed E-state index contributed by atoms with van der Waals surface area (Å²) in [5, 5.41) is 13.8. The summed E-state index contributed by atoms with van der Waals surface area (Å²) < 4.78 is 16.7. The molecule has 3 aromatic rings. The maximum Gasteiger partial charge on any atom is 0.269 e. The van der Waals surface area contributed by atoms with E-state index in [4.69, 9.17) is 14.2 Å². The van der Waals surface area contributed by atoms with Crippen molar-refractivity contribution in [3.05, 3.63) is 87.0 Å². The number of carbonyl (C=O) groups is 2. The molecule has 10 heteroatoms. The second kappa shape index (κ2) is 10.6. The van der Waals surface area contributed by atoms with Crippen molar-refractivity contribution in [2.45, 2.75) is 26.4 Å². The quantitative estimate of drug-likeness (QED) is 0.375. The van der Waals surface area contributed by atoms with Crippen LogP contribution < -0.4 is 19.5 Å². The first-order valence-electron chi connectivity index (χ1n) is 11.5. The largest absolute Gasteiger partial charge is 0.497 e. The molecular weight excluding hydrogens is 478 g/mol. The zero-order valence-corrected chi connectivity index (χ0v) is 20.9. The third-order valence-electron chi connectivity index (χ3n) is 6.29. The molecule has 192 valence electrons. The van der Waals surface area contributed by atoms with Crippen LogP contribution in [0.4, 0.5) is 11.4 Å². The van der Waals surface area contributed by atoms with Crippen LogP contribution in [-0.2, 0) is 16.1 Å². The molecule has 0 fully saturated rings. The number of ether oxygens (including phenoxy) is 3. The molecule has 0 saturated carbocycles. The van der Waals surface area contributed by atoms with E-state index in [0.717, 1.165) is 11.1 Å². The lowest BCUT2D eigenvalue weighted by atomic mass is 9.95. The van der Waals surface area contributed by atoms with E-state index < -0.39 is 16.9 Å². The van der Waals surface area contributed by atoms with Gasteiger partial charge in [0.25, 0.3) is 17.5 Å². The number of nitrogens with zero attached hydrogens (tertiary/aromatic N) is 2. The lowest BCUT2D eigenvalue weighted by Gasteiger charge is -2.31. The molecule has 10 nitrogen and oxygen atoms in total. The second-order valence-electron chi connectivity index (χ2n) is 8.63. The first-order valence-corrected chi connectivity index (χ1v) is 11.5. The van der Waals surface area contributed by atoms with Gasteiger partial charge in [-0.2, -0.15) is 0 Å². The maximum atomic E-state index is 13.8. The molecule has 37 heavy (non-hydrogen) atoms. The van der Waals surface area contributed by atoms with Crippen molar-refractivity contribution in [1.29, 1.82) is 0 Å². The van der Waals surface area contributed by atoms with E-state index in [9.17, 15) is 19.7 Å². The number of rotatable bonds is 7. The molecule has 0 saturated heterocycles. The summed E-state index contributed by atoms with van der Waals surface area (Å²) in [6, 6.07) is 13.5. The van der Waals surface area contributed by atoms with Crippen molar-refractivity contribution >= 4 is 23.2 Å². The van der Waals surface area contributed by atoms with Gasteiger partial charge in [-0.3, -0.25) is 19.7 Å². The summed E-state index contributed by atoms with van der Waals surface area (Å²) in [6.45, 7) is 3.55. The van der Waals surface area contributed by atoms with Crippen LogP contribution in [0.2, 0.25) is 0 Å². The Hall–Kier alpha value is -4.60. The smallest absolute Gasteiger partial charge is 0.269 e. The molecule has 1 aliphatic rings. The molecule has 4 rings (SSSR count). The topological polar surface area (TPSA) is 120 Å². The summed E-state index contributed by atoms with van der Waals surface area (Å²) in [4.78, 5) is 39.2. The number of nitro groups is 1. The molecule has 1 atom stereocenters. The van der Waals surface area contributed by atoms with Gasteiger partial charge in [-0.05, 0) is 49.2 Å². The van der Waals surface area contributed by atoms with E-state index in [1.807, 2.05) is 26.0 Å². The van der Waals surface area contributed by atoms with Crippen LogP contribution in [-0.4, -0.2) is 42.5 Å². The van der Waals surface area contributed by atoms with Gasteiger partial charge in [0.1, 0.15) is 23.3 Å². The Morgan fingerprint density at radius 2 is 1.78 bits per heavy atom. The minimum absolute atomic E-state index is 0.0700. The molecule has 3 aromatic carbocycles. The fourth-order valence-electron chi connectivity index (χ4n) is 4.35. The lowest BCUT2D eigenvalue weighted by Crippen LogP contribution is -2.41. The van der Waals surface area contributed by atoms with Crippen molar-refractivity contribution in [2.24, 2.45) is 0 Å². The molecule has 1 aliphatic heterocycles. The number of amides is 2. The van der Waals surface area contributed by atoms with Gasteiger partial charge in [0.2, 0.25) is 0 Å². The third kappa shape index (κ3) is 5.18. The minimum atomic E-state index is -1.04. The monoisotopic (exact) mass is 505 g/mol. The highest BCUT2D eigenvalue weighted by atomic mass is 16.6. The third-order valence-corrected chi connectivity index (χ3v) is 6.29. The highest BCUT2D eigenvalue weighted by Gasteiger charge is 2.38. The average Bonchev–Trinajstić information content (AvgIpc) is 3.04. The zero-order valence-electron chi connectivity index (χ0n) is 20.9. The van der Waals surface area contributed by atoms with E-state index >= 15 is 0 Å². The molecule has 1 heterocycles. The normalized spacial score (nSPS) is 14.8. The van der Waals surface area contributed by atoms with Crippen LogP contribution in [0, 0.1) is 24.0 Å². The van der Waals surface area contributed by atoms with Crippen molar-refractivity contribution in [3.63, 3.8) is 0 Å². The number of carbonyl (C=O) groups excluding carboxylic acids is 2. The Bertz CT molecular complexity index is 1350. The Morgan fingerprint density at radius 1 is 1.08 bits per heavy atom. The summed E-state index contributed by atoms with van der Waals surface area (Å²) in [5.74, 6) is 0.733. The lowest BCUT2D eigenvalue weighted by molar-refractivity contribution is -0.384. The zero-order chi connectivity index (χ0) is 26.7. The van der Waals surface area contributed by atoms with Crippen LogP contribution in [0.25, 0.3) is 0 Å². The van der Waals surface area contributed by atoms with Crippen molar-refractivity contribution < 1.29 is 28.7 Å². The standard InChI is InChI=1S/C27H27N3O7/c1-16-5-6-17(2)26-24(16)25(27(32)28-19-8-10-20(11-9-19)30(33)34)29(23(31)15-37-26)14-18-7-12-21(35-3)13-22(18)36-4/h5-13,25H,14-15H2,1-4H3,(H,28,32). The summed E-state index contributed by atoms with van der Waals surface area (Å²) >= 11 is 0. The number of hydrogen-bond donors (Lipinski definition) is 1. The number of aryl methyl sites for hydroxylation is 2. The predicted octanol–water partition coefficient (Wildman–Crippen LogP) is 4.33. The van der Waals surface area contributed by atoms with Crippen LogP contribution in [0.3, 0.4) is 0 Å². The summed E-state index contributed by atoms with van der Waals surface area (Å²) in [6.07, 6.45) is 0. The van der Waals surface area contributed by atoms with Gasteiger partial charge >= 0.3 is 0 Å². The van der Waals surface area contributed by atoms with E-state index in [-0.39, 0.29) is 24.7 Å². The molecule has 2 amide bonds. The summed E-state index contributed by atoms with van der Waals surface area (Å²) in [7, 11) is 3.07. The maximum absolute atomic E-state index is 13.8. The van der Waals surface area contributed by atoms with Gasteiger partial charge in [0.15, 0.2) is 6.61 Å². The van der Waals surface area contributed by atoms with Crippen LogP contribution in [0.1, 0.15) is 28.3 Å². The van der Waals surface area contributed by atoms with Gasteiger partial charge in [-0.1, -0.05) is 12.1 Å². The van der Waals surface area contributed by atoms with Crippen LogP contribution in [0.15, 0.2) is 54.6 Å². The Balaban J connectivity index is 1.78. The molecule has 0 spiro atoms. The van der Waals surface area contributed by atoms with E-state index in [1.165, 1.54) is 36.3 Å². The molecular formula is C27H27N3O7. The van der Waals surface area contributed by atoms with Gasteiger partial charge in [0.05, 0.1) is 25.7 Å². The first-order chi connectivity index (χ1) is 17.7. The van der Waals surface area contributed by atoms with E-state index in [2.05, 4.69) is 5.32 Å².